The van der Waals surface area contributed by atoms with Gasteiger partial charge in [-0.05, 0) is 82.6 Å². The first-order chi connectivity index (χ1) is 16.0. The Morgan fingerprint density at radius 1 is 1.00 bits per heavy atom. The Morgan fingerprint density at radius 2 is 1.64 bits per heavy atom. The van der Waals surface area contributed by atoms with E-state index in [2.05, 4.69) is 22.9 Å². The Balaban J connectivity index is 1.74. The quantitative estimate of drug-likeness (QED) is 0.477. The molecule has 0 aromatic heterocycles. The summed E-state index contributed by atoms with van der Waals surface area (Å²) in [6, 6.07) is 5.31. The van der Waals surface area contributed by atoms with E-state index in [0.29, 0.717) is 18.5 Å². The number of para-hydroxylation sites is 1. The first-order valence-corrected chi connectivity index (χ1v) is 12.3. The van der Waals surface area contributed by atoms with Gasteiger partial charge in [0.1, 0.15) is 12.6 Å². The molecule has 2 saturated heterocycles. The molecular weight excluding hydrogens is 416 g/mol. The van der Waals surface area contributed by atoms with Gasteiger partial charge in [0.2, 0.25) is 6.41 Å². The summed E-state index contributed by atoms with van der Waals surface area (Å²) in [6.07, 6.45) is 9.22. The summed E-state index contributed by atoms with van der Waals surface area (Å²) in [5, 5.41) is 0. The molecule has 182 valence electrons. The minimum atomic E-state index is -0.651. The first kappa shape index (κ1) is 25.2. The zero-order valence-corrected chi connectivity index (χ0v) is 20.5. The Hall–Kier alpha value is -2.41. The molecule has 7 heteroatoms. The third-order valence-corrected chi connectivity index (χ3v) is 7.39. The Kier molecular flexibility index (Phi) is 9.30. The van der Waals surface area contributed by atoms with Gasteiger partial charge in [-0.1, -0.05) is 6.07 Å². The number of piperidine rings is 2. The Bertz CT molecular complexity index is 784. The standard InChI is InChI=1S/C26H40N4O3/c1-27(2)26-24(7-4-8-25(26)30(20-33)23(19-32)6-5-17-31)29-15-11-22(12-16-29)18-21-9-13-28(3)14-10-21/h4,7-8,17,19-23H,5-6,9-16,18H2,1-3H3. The fourth-order valence-electron chi connectivity index (χ4n) is 5.45. The zero-order valence-electron chi connectivity index (χ0n) is 20.5. The van der Waals surface area contributed by atoms with Crippen LogP contribution in [0.25, 0.3) is 0 Å². The average Bonchev–Trinajstić information content (AvgIpc) is 2.83. The molecule has 3 rings (SSSR count). The second-order valence-electron chi connectivity index (χ2n) is 9.91. The molecule has 0 radical (unpaired) electrons. The summed E-state index contributed by atoms with van der Waals surface area (Å²) >= 11 is 0. The van der Waals surface area contributed by atoms with E-state index in [1.54, 1.807) is 0 Å². The zero-order chi connectivity index (χ0) is 23.8. The normalized spacial score (nSPS) is 19.2. The summed E-state index contributed by atoms with van der Waals surface area (Å²) in [5.74, 6) is 1.65. The summed E-state index contributed by atoms with van der Waals surface area (Å²) in [7, 11) is 6.16. The van der Waals surface area contributed by atoms with Gasteiger partial charge in [0.05, 0.1) is 23.1 Å². The summed E-state index contributed by atoms with van der Waals surface area (Å²) < 4.78 is 0. The van der Waals surface area contributed by atoms with Crippen molar-refractivity contribution in [1.82, 2.24) is 4.90 Å². The summed E-state index contributed by atoms with van der Waals surface area (Å²) in [5.41, 5.74) is 2.75. The number of hydrogen-bond acceptors (Lipinski definition) is 6. The van der Waals surface area contributed by atoms with Gasteiger partial charge in [0.15, 0.2) is 0 Å². The van der Waals surface area contributed by atoms with Crippen molar-refractivity contribution in [3.05, 3.63) is 18.2 Å². The number of benzene rings is 1. The van der Waals surface area contributed by atoms with Gasteiger partial charge < -0.3 is 29.2 Å². The molecule has 1 unspecified atom stereocenters. The van der Waals surface area contributed by atoms with Gasteiger partial charge >= 0.3 is 0 Å². The summed E-state index contributed by atoms with van der Waals surface area (Å²) in [4.78, 5) is 42.9. The number of aldehydes is 2. The maximum atomic E-state index is 12.0. The maximum absolute atomic E-state index is 12.0. The number of carbonyl (C=O) groups is 3. The Morgan fingerprint density at radius 3 is 2.18 bits per heavy atom. The van der Waals surface area contributed by atoms with Crippen LogP contribution in [0.15, 0.2) is 18.2 Å². The average molecular weight is 457 g/mol. The molecule has 2 fully saturated rings. The minimum Gasteiger partial charge on any atom is -0.374 e. The number of rotatable bonds is 11. The van der Waals surface area contributed by atoms with Crippen LogP contribution in [0.2, 0.25) is 0 Å². The lowest BCUT2D eigenvalue weighted by Gasteiger charge is -2.39. The van der Waals surface area contributed by atoms with Crippen LogP contribution in [-0.2, 0) is 14.4 Å². The third-order valence-electron chi connectivity index (χ3n) is 7.39. The van der Waals surface area contributed by atoms with Crippen molar-refractivity contribution < 1.29 is 14.4 Å². The fraction of sp³-hybridized carbons (Fsp3) is 0.654. The molecular formula is C26H40N4O3. The Labute approximate surface area is 198 Å². The molecule has 33 heavy (non-hydrogen) atoms. The molecule has 2 aliphatic heterocycles. The van der Waals surface area contributed by atoms with E-state index in [4.69, 9.17) is 0 Å². The molecule has 7 nitrogen and oxygen atoms in total. The van der Waals surface area contributed by atoms with Crippen LogP contribution in [0.4, 0.5) is 17.1 Å². The number of amides is 1. The molecule has 0 bridgehead atoms. The molecule has 1 aromatic rings. The monoisotopic (exact) mass is 456 g/mol. The highest BCUT2D eigenvalue weighted by atomic mass is 16.1. The molecule has 1 atom stereocenters. The van der Waals surface area contributed by atoms with Crippen LogP contribution in [0, 0.1) is 11.8 Å². The minimum absolute atomic E-state index is 0.246. The van der Waals surface area contributed by atoms with Gasteiger partial charge in [0, 0.05) is 33.6 Å². The van der Waals surface area contributed by atoms with Crippen LogP contribution < -0.4 is 14.7 Å². The van der Waals surface area contributed by atoms with E-state index in [9.17, 15) is 14.4 Å². The smallest absolute Gasteiger partial charge is 0.214 e. The van der Waals surface area contributed by atoms with E-state index in [0.717, 1.165) is 48.9 Å². The van der Waals surface area contributed by atoms with Gasteiger partial charge in [-0.25, -0.2) is 0 Å². The lowest BCUT2D eigenvalue weighted by atomic mass is 9.83. The lowest BCUT2D eigenvalue weighted by molar-refractivity contribution is -0.113. The van der Waals surface area contributed by atoms with Gasteiger partial charge in [-0.2, -0.15) is 0 Å². The molecule has 1 aromatic carbocycles. The molecule has 0 saturated carbocycles. The predicted molar refractivity (Wildman–Crippen MR) is 134 cm³/mol. The fourth-order valence-corrected chi connectivity index (χ4v) is 5.45. The van der Waals surface area contributed by atoms with Crippen molar-refractivity contribution in [1.29, 1.82) is 0 Å². The van der Waals surface area contributed by atoms with E-state index >= 15 is 0 Å². The highest BCUT2D eigenvalue weighted by Gasteiger charge is 2.28. The van der Waals surface area contributed by atoms with Gasteiger partial charge in [-0.15, -0.1) is 0 Å². The highest BCUT2D eigenvalue weighted by Crippen LogP contribution is 2.40. The molecule has 1 amide bonds. The van der Waals surface area contributed by atoms with Crippen LogP contribution >= 0.6 is 0 Å². The molecule has 0 spiro atoms. The van der Waals surface area contributed by atoms with E-state index < -0.39 is 6.04 Å². The number of carbonyl (C=O) groups excluding carboxylic acids is 3. The maximum Gasteiger partial charge on any atom is 0.214 e. The van der Waals surface area contributed by atoms with Gasteiger partial charge in [0.25, 0.3) is 0 Å². The van der Waals surface area contributed by atoms with Crippen molar-refractivity contribution in [3.63, 3.8) is 0 Å². The first-order valence-electron chi connectivity index (χ1n) is 12.3. The number of likely N-dealkylation sites (tertiary alicyclic amines) is 1. The van der Waals surface area contributed by atoms with Crippen molar-refractivity contribution in [2.45, 2.75) is 51.0 Å². The van der Waals surface area contributed by atoms with E-state index in [1.165, 1.54) is 50.1 Å². The molecule has 2 heterocycles. The number of hydrogen-bond donors (Lipinski definition) is 0. The molecule has 0 aliphatic carbocycles. The SMILES string of the molecule is CN1CCC(CC2CCN(c3cccc(N(C=O)C(C=O)CCC=O)c3N(C)C)CC2)CC1. The van der Waals surface area contributed by atoms with Crippen molar-refractivity contribution in [3.8, 4) is 0 Å². The van der Waals surface area contributed by atoms with Crippen LogP contribution in [0.3, 0.4) is 0 Å². The van der Waals surface area contributed by atoms with Gasteiger partial charge in [-0.3, -0.25) is 4.79 Å². The molecule has 2 aliphatic rings. The van der Waals surface area contributed by atoms with E-state index in [-0.39, 0.29) is 6.42 Å². The topological polar surface area (TPSA) is 64.2 Å². The highest BCUT2D eigenvalue weighted by molar-refractivity contribution is 5.94. The van der Waals surface area contributed by atoms with E-state index in [1.807, 2.05) is 31.1 Å². The predicted octanol–water partition coefficient (Wildman–Crippen LogP) is 3.21. The van der Waals surface area contributed by atoms with Crippen molar-refractivity contribution >= 4 is 36.0 Å². The van der Waals surface area contributed by atoms with Crippen LogP contribution in [0.5, 0.6) is 0 Å². The number of anilines is 3. The number of nitrogens with zero attached hydrogens (tertiary/aromatic N) is 4. The molecule has 0 N–H and O–H groups in total. The second kappa shape index (κ2) is 12.2. The van der Waals surface area contributed by atoms with Crippen molar-refractivity contribution in [2.24, 2.45) is 11.8 Å². The van der Waals surface area contributed by atoms with Crippen molar-refractivity contribution in [2.75, 3.05) is 62.0 Å². The third kappa shape index (κ3) is 6.34. The second-order valence-corrected chi connectivity index (χ2v) is 9.91. The lowest BCUT2D eigenvalue weighted by Crippen LogP contribution is -2.38. The van der Waals surface area contributed by atoms with Crippen LogP contribution in [0.1, 0.15) is 44.9 Å². The largest absolute Gasteiger partial charge is 0.374 e. The summed E-state index contributed by atoms with van der Waals surface area (Å²) in [6.45, 7) is 4.46. The van der Waals surface area contributed by atoms with Crippen LogP contribution in [-0.4, -0.2) is 77.2 Å².